The quantitative estimate of drug-likeness (QED) is 0.700. The Bertz CT molecular complexity index is 233. The molecule has 2 amide bonds. The van der Waals surface area contributed by atoms with Crippen LogP contribution in [-0.4, -0.2) is 36.3 Å². The van der Waals surface area contributed by atoms with E-state index >= 15 is 0 Å². The van der Waals surface area contributed by atoms with Gasteiger partial charge >= 0.3 is 0 Å². The van der Waals surface area contributed by atoms with Gasteiger partial charge in [-0.25, -0.2) is 0 Å². The predicted octanol–water partition coefficient (Wildman–Crippen LogP) is 0.771. The van der Waals surface area contributed by atoms with Crippen molar-refractivity contribution < 1.29 is 9.59 Å². The lowest BCUT2D eigenvalue weighted by Gasteiger charge is -2.15. The third-order valence-corrected chi connectivity index (χ3v) is 2.48. The third kappa shape index (κ3) is 4.32. The van der Waals surface area contributed by atoms with Crippen LogP contribution in [0.15, 0.2) is 0 Å². The Hall–Kier alpha value is -1.06. The zero-order valence-corrected chi connectivity index (χ0v) is 9.58. The highest BCUT2D eigenvalue weighted by Crippen LogP contribution is 2.08. The highest BCUT2D eigenvalue weighted by Gasteiger charge is 2.20. The number of carbonyl (C=O) groups excluding carboxylic acids is 2. The van der Waals surface area contributed by atoms with Crippen molar-refractivity contribution in [3.05, 3.63) is 0 Å². The second kappa shape index (κ2) is 5.73. The molecular formula is C11H20N2O2. The van der Waals surface area contributed by atoms with E-state index in [4.69, 9.17) is 0 Å². The molecular weight excluding hydrogens is 192 g/mol. The van der Waals surface area contributed by atoms with Gasteiger partial charge in [-0.05, 0) is 18.8 Å². The maximum Gasteiger partial charge on any atom is 0.232 e. The number of rotatable bonds is 4. The molecule has 0 aromatic carbocycles. The standard InChI is InChI=1S/C11H20N2O2/c1-9(2)8-12-10(14)7-11(15)13-5-3-4-6-13/h9H,3-8H2,1-2H3,(H,12,14). The summed E-state index contributed by atoms with van der Waals surface area (Å²) in [5, 5.41) is 2.75. The minimum absolute atomic E-state index is 0.00667. The van der Waals surface area contributed by atoms with Crippen LogP contribution in [0.4, 0.5) is 0 Å². The fraction of sp³-hybridized carbons (Fsp3) is 0.818. The van der Waals surface area contributed by atoms with E-state index in [2.05, 4.69) is 5.32 Å². The fourth-order valence-electron chi connectivity index (χ4n) is 1.60. The van der Waals surface area contributed by atoms with Gasteiger partial charge in [0.1, 0.15) is 6.42 Å². The Morgan fingerprint density at radius 3 is 2.40 bits per heavy atom. The Morgan fingerprint density at radius 1 is 1.27 bits per heavy atom. The van der Waals surface area contributed by atoms with Gasteiger partial charge in [-0.3, -0.25) is 9.59 Å². The second-order valence-electron chi connectivity index (χ2n) is 4.46. The highest BCUT2D eigenvalue weighted by molar-refractivity contribution is 5.96. The Balaban J connectivity index is 2.21. The number of likely N-dealkylation sites (tertiary alicyclic amines) is 1. The van der Waals surface area contributed by atoms with Crippen LogP contribution in [-0.2, 0) is 9.59 Å². The van der Waals surface area contributed by atoms with Crippen LogP contribution in [0.3, 0.4) is 0 Å². The van der Waals surface area contributed by atoms with Gasteiger partial charge in [0.05, 0.1) is 0 Å². The van der Waals surface area contributed by atoms with Crippen molar-refractivity contribution in [2.45, 2.75) is 33.1 Å². The van der Waals surface area contributed by atoms with Gasteiger partial charge in [-0.15, -0.1) is 0 Å². The molecule has 4 nitrogen and oxygen atoms in total. The first-order valence-electron chi connectivity index (χ1n) is 5.64. The second-order valence-corrected chi connectivity index (χ2v) is 4.46. The average molecular weight is 212 g/mol. The summed E-state index contributed by atoms with van der Waals surface area (Å²) in [6.45, 7) is 6.34. The molecule has 1 rings (SSSR count). The summed E-state index contributed by atoms with van der Waals surface area (Å²) < 4.78 is 0. The monoisotopic (exact) mass is 212 g/mol. The smallest absolute Gasteiger partial charge is 0.232 e. The molecule has 0 bridgehead atoms. The summed E-state index contributed by atoms with van der Waals surface area (Å²) in [7, 11) is 0. The topological polar surface area (TPSA) is 49.4 Å². The molecule has 1 heterocycles. The van der Waals surface area contributed by atoms with E-state index in [9.17, 15) is 9.59 Å². The van der Waals surface area contributed by atoms with Crippen molar-refractivity contribution in [3.8, 4) is 0 Å². The van der Waals surface area contributed by atoms with Crippen LogP contribution in [0.5, 0.6) is 0 Å². The van der Waals surface area contributed by atoms with Crippen molar-refractivity contribution in [1.29, 1.82) is 0 Å². The minimum Gasteiger partial charge on any atom is -0.355 e. The molecule has 15 heavy (non-hydrogen) atoms. The van der Waals surface area contributed by atoms with E-state index in [1.165, 1.54) is 0 Å². The molecule has 0 saturated carbocycles. The van der Waals surface area contributed by atoms with Crippen molar-refractivity contribution in [2.24, 2.45) is 5.92 Å². The molecule has 0 aliphatic carbocycles. The number of amides is 2. The molecule has 1 saturated heterocycles. The van der Waals surface area contributed by atoms with E-state index in [1.807, 2.05) is 13.8 Å². The van der Waals surface area contributed by atoms with Crippen LogP contribution in [0, 0.1) is 5.92 Å². The number of carbonyl (C=O) groups is 2. The molecule has 1 N–H and O–H groups in total. The Labute approximate surface area is 91.0 Å². The molecule has 0 aromatic rings. The summed E-state index contributed by atoms with van der Waals surface area (Å²) in [4.78, 5) is 24.7. The zero-order chi connectivity index (χ0) is 11.3. The molecule has 1 fully saturated rings. The maximum absolute atomic E-state index is 11.6. The van der Waals surface area contributed by atoms with Crippen LogP contribution >= 0.6 is 0 Å². The van der Waals surface area contributed by atoms with Crippen LogP contribution in [0.2, 0.25) is 0 Å². The predicted molar refractivity (Wildman–Crippen MR) is 58.3 cm³/mol. The summed E-state index contributed by atoms with van der Waals surface area (Å²) >= 11 is 0. The van der Waals surface area contributed by atoms with Crippen molar-refractivity contribution in [3.63, 3.8) is 0 Å². The highest BCUT2D eigenvalue weighted by atomic mass is 16.2. The molecule has 1 aliphatic heterocycles. The molecule has 4 heteroatoms. The molecule has 1 aliphatic rings. The van der Waals surface area contributed by atoms with Gasteiger partial charge in [0.2, 0.25) is 11.8 Å². The van der Waals surface area contributed by atoms with Gasteiger partial charge < -0.3 is 10.2 Å². The average Bonchev–Trinajstić information content (AvgIpc) is 2.67. The summed E-state index contributed by atoms with van der Waals surface area (Å²) in [5.41, 5.74) is 0. The molecule has 0 aromatic heterocycles. The first-order chi connectivity index (χ1) is 7.09. The lowest BCUT2D eigenvalue weighted by atomic mass is 10.2. The van der Waals surface area contributed by atoms with Gasteiger partial charge in [0, 0.05) is 19.6 Å². The molecule has 86 valence electrons. The first-order valence-corrected chi connectivity index (χ1v) is 5.64. The van der Waals surface area contributed by atoms with Gasteiger partial charge in [-0.1, -0.05) is 13.8 Å². The van der Waals surface area contributed by atoms with Crippen molar-refractivity contribution in [1.82, 2.24) is 10.2 Å². The van der Waals surface area contributed by atoms with Crippen LogP contribution in [0.25, 0.3) is 0 Å². The first kappa shape index (κ1) is 12.0. The number of hydrogen-bond donors (Lipinski definition) is 1. The van der Waals surface area contributed by atoms with E-state index in [-0.39, 0.29) is 18.2 Å². The van der Waals surface area contributed by atoms with E-state index < -0.39 is 0 Å². The van der Waals surface area contributed by atoms with Gasteiger partial charge in [-0.2, -0.15) is 0 Å². The van der Waals surface area contributed by atoms with Crippen LogP contribution in [0.1, 0.15) is 33.1 Å². The van der Waals surface area contributed by atoms with Crippen molar-refractivity contribution in [2.75, 3.05) is 19.6 Å². The van der Waals surface area contributed by atoms with E-state index in [0.717, 1.165) is 25.9 Å². The molecule has 0 unspecified atom stereocenters. The lowest BCUT2D eigenvalue weighted by molar-refractivity contribution is -0.135. The minimum atomic E-state index is -0.152. The zero-order valence-electron chi connectivity index (χ0n) is 9.58. The summed E-state index contributed by atoms with van der Waals surface area (Å²) in [6.07, 6.45) is 2.14. The lowest BCUT2D eigenvalue weighted by Crippen LogP contribution is -2.35. The Kier molecular flexibility index (Phi) is 4.59. The van der Waals surface area contributed by atoms with Gasteiger partial charge in [0.15, 0.2) is 0 Å². The fourth-order valence-corrected chi connectivity index (χ4v) is 1.60. The van der Waals surface area contributed by atoms with Crippen molar-refractivity contribution >= 4 is 11.8 Å². The number of nitrogens with zero attached hydrogens (tertiary/aromatic N) is 1. The van der Waals surface area contributed by atoms with E-state index in [0.29, 0.717) is 12.5 Å². The van der Waals surface area contributed by atoms with Crippen LogP contribution < -0.4 is 5.32 Å². The number of nitrogens with one attached hydrogen (secondary N) is 1. The molecule has 0 radical (unpaired) electrons. The largest absolute Gasteiger partial charge is 0.355 e. The summed E-state index contributed by atoms with van der Waals surface area (Å²) in [5.74, 6) is 0.241. The van der Waals surface area contributed by atoms with Gasteiger partial charge in [0.25, 0.3) is 0 Å². The van der Waals surface area contributed by atoms with E-state index in [1.54, 1.807) is 4.90 Å². The Morgan fingerprint density at radius 2 is 1.87 bits per heavy atom. The normalized spacial score (nSPS) is 15.8. The SMILES string of the molecule is CC(C)CNC(=O)CC(=O)N1CCCC1. The number of hydrogen-bond acceptors (Lipinski definition) is 2. The summed E-state index contributed by atoms with van der Waals surface area (Å²) in [6, 6.07) is 0. The molecule has 0 spiro atoms. The molecule has 0 atom stereocenters. The third-order valence-electron chi connectivity index (χ3n) is 2.48. The maximum atomic E-state index is 11.6.